The average molecular weight is 523 g/mol. The fraction of sp³-hybridized carbons (Fsp3) is 0. The van der Waals surface area contributed by atoms with Crippen LogP contribution in [0, 0.1) is 0 Å². The SMILES string of the molecule is c1ccc(-c2cccc(-c3cccc(N4c5ccccc5-c5nc(-c6ccccc6)cc6cccc4c56)c3)c2)cc1. The van der Waals surface area contributed by atoms with Crippen LogP contribution in [0.2, 0.25) is 0 Å². The molecule has 6 aromatic carbocycles. The van der Waals surface area contributed by atoms with Crippen LogP contribution in [0.25, 0.3) is 55.5 Å². The number of anilines is 3. The van der Waals surface area contributed by atoms with E-state index in [1.807, 2.05) is 6.07 Å². The van der Waals surface area contributed by atoms with E-state index < -0.39 is 0 Å². The molecular weight excluding hydrogens is 496 g/mol. The van der Waals surface area contributed by atoms with E-state index >= 15 is 0 Å². The Morgan fingerprint density at radius 1 is 0.415 bits per heavy atom. The number of rotatable bonds is 4. The van der Waals surface area contributed by atoms with E-state index in [9.17, 15) is 0 Å². The molecule has 2 heterocycles. The zero-order valence-corrected chi connectivity index (χ0v) is 22.4. The number of hydrogen-bond donors (Lipinski definition) is 0. The minimum atomic E-state index is 0.994. The quantitative estimate of drug-likeness (QED) is 0.228. The van der Waals surface area contributed by atoms with Crippen molar-refractivity contribution in [3.63, 3.8) is 0 Å². The van der Waals surface area contributed by atoms with Crippen molar-refractivity contribution in [2.75, 3.05) is 4.90 Å². The molecule has 0 radical (unpaired) electrons. The number of nitrogens with zero attached hydrogens (tertiary/aromatic N) is 2. The molecule has 0 aliphatic carbocycles. The first-order chi connectivity index (χ1) is 20.3. The first kappa shape index (κ1) is 23.4. The highest BCUT2D eigenvalue weighted by Gasteiger charge is 2.27. The Bertz CT molecular complexity index is 2040. The van der Waals surface area contributed by atoms with Gasteiger partial charge in [-0.1, -0.05) is 121 Å². The van der Waals surface area contributed by atoms with Crippen LogP contribution in [-0.4, -0.2) is 4.98 Å². The van der Waals surface area contributed by atoms with Crippen molar-refractivity contribution in [3.05, 3.63) is 158 Å². The van der Waals surface area contributed by atoms with Crippen LogP contribution in [0.5, 0.6) is 0 Å². The molecule has 7 aromatic rings. The molecule has 1 aliphatic rings. The molecule has 0 atom stereocenters. The highest BCUT2D eigenvalue weighted by atomic mass is 15.2. The Morgan fingerprint density at radius 3 is 1.80 bits per heavy atom. The van der Waals surface area contributed by atoms with Crippen molar-refractivity contribution in [2.24, 2.45) is 0 Å². The van der Waals surface area contributed by atoms with E-state index in [-0.39, 0.29) is 0 Å². The van der Waals surface area contributed by atoms with Gasteiger partial charge in [-0.05, 0) is 64.0 Å². The van der Waals surface area contributed by atoms with Crippen LogP contribution >= 0.6 is 0 Å². The Balaban J connectivity index is 1.30. The van der Waals surface area contributed by atoms with Gasteiger partial charge >= 0.3 is 0 Å². The molecule has 0 spiro atoms. The Morgan fingerprint density at radius 2 is 1.00 bits per heavy atom. The lowest BCUT2D eigenvalue weighted by Crippen LogP contribution is -2.15. The number of pyridine rings is 1. The van der Waals surface area contributed by atoms with E-state index in [4.69, 9.17) is 4.98 Å². The van der Waals surface area contributed by atoms with Gasteiger partial charge in [0, 0.05) is 22.2 Å². The second kappa shape index (κ2) is 9.62. The van der Waals surface area contributed by atoms with E-state index in [1.165, 1.54) is 33.0 Å². The number of aromatic nitrogens is 1. The van der Waals surface area contributed by atoms with E-state index in [2.05, 4.69) is 157 Å². The molecular formula is C39H26N2. The second-order valence-electron chi connectivity index (χ2n) is 10.4. The topological polar surface area (TPSA) is 16.1 Å². The van der Waals surface area contributed by atoms with Gasteiger partial charge in [-0.2, -0.15) is 0 Å². The molecule has 0 unspecified atom stereocenters. The Kier molecular flexibility index (Phi) is 5.49. The fourth-order valence-electron chi connectivity index (χ4n) is 6.04. The van der Waals surface area contributed by atoms with Gasteiger partial charge in [-0.25, -0.2) is 4.98 Å². The molecule has 0 fully saturated rings. The summed E-state index contributed by atoms with van der Waals surface area (Å²) < 4.78 is 0. The standard InChI is InChI=1S/C39H26N2/c1-3-12-27(13-4-1)29-16-9-17-30(24-29)31-18-10-20-33(25-31)41-36-22-8-7-21-34(36)39-38-32(19-11-23-37(38)41)26-35(40-39)28-14-5-2-6-15-28/h1-26H. The number of hydrogen-bond acceptors (Lipinski definition) is 2. The fourth-order valence-corrected chi connectivity index (χ4v) is 6.04. The predicted octanol–water partition coefficient (Wildman–Crippen LogP) is 10.7. The summed E-state index contributed by atoms with van der Waals surface area (Å²) in [6.07, 6.45) is 0. The minimum absolute atomic E-state index is 0.994. The molecule has 1 aliphatic heterocycles. The molecule has 0 amide bonds. The monoisotopic (exact) mass is 522 g/mol. The first-order valence-electron chi connectivity index (χ1n) is 14.0. The van der Waals surface area contributed by atoms with Gasteiger partial charge in [-0.15, -0.1) is 0 Å². The summed E-state index contributed by atoms with van der Waals surface area (Å²) >= 11 is 0. The lowest BCUT2D eigenvalue weighted by molar-refractivity contribution is 1.25. The zero-order valence-electron chi connectivity index (χ0n) is 22.4. The molecule has 1 aromatic heterocycles. The normalized spacial score (nSPS) is 11.9. The highest BCUT2D eigenvalue weighted by Crippen LogP contribution is 2.51. The third-order valence-electron chi connectivity index (χ3n) is 7.95. The van der Waals surface area contributed by atoms with Crippen molar-refractivity contribution in [1.29, 1.82) is 0 Å². The van der Waals surface area contributed by atoms with Gasteiger partial charge < -0.3 is 4.90 Å². The molecule has 0 N–H and O–H groups in total. The molecule has 0 saturated heterocycles. The maximum Gasteiger partial charge on any atom is 0.0830 e. The molecule has 8 rings (SSSR count). The van der Waals surface area contributed by atoms with E-state index in [1.54, 1.807) is 0 Å². The van der Waals surface area contributed by atoms with Crippen LogP contribution in [0.3, 0.4) is 0 Å². The molecule has 192 valence electrons. The van der Waals surface area contributed by atoms with Crippen molar-refractivity contribution in [2.45, 2.75) is 0 Å². The van der Waals surface area contributed by atoms with E-state index in [0.717, 1.165) is 39.6 Å². The lowest BCUT2D eigenvalue weighted by atomic mass is 9.93. The van der Waals surface area contributed by atoms with Crippen LogP contribution in [0.1, 0.15) is 0 Å². The highest BCUT2D eigenvalue weighted by molar-refractivity contribution is 6.13. The first-order valence-corrected chi connectivity index (χ1v) is 14.0. The van der Waals surface area contributed by atoms with Gasteiger partial charge in [0.1, 0.15) is 0 Å². The van der Waals surface area contributed by atoms with E-state index in [0.29, 0.717) is 0 Å². The van der Waals surface area contributed by atoms with Crippen molar-refractivity contribution >= 4 is 27.8 Å². The van der Waals surface area contributed by atoms with Gasteiger partial charge in [0.05, 0.1) is 22.8 Å². The van der Waals surface area contributed by atoms with Crippen LogP contribution in [0.4, 0.5) is 17.1 Å². The zero-order chi connectivity index (χ0) is 27.2. The molecule has 0 saturated carbocycles. The van der Waals surface area contributed by atoms with Crippen molar-refractivity contribution in [1.82, 2.24) is 4.98 Å². The summed E-state index contributed by atoms with van der Waals surface area (Å²) in [6, 6.07) is 56.1. The second-order valence-corrected chi connectivity index (χ2v) is 10.4. The lowest BCUT2D eigenvalue weighted by Gasteiger charge is -2.33. The number of para-hydroxylation sites is 1. The van der Waals surface area contributed by atoms with Gasteiger partial charge in [-0.3, -0.25) is 0 Å². The van der Waals surface area contributed by atoms with Crippen LogP contribution < -0.4 is 4.90 Å². The Labute approximate surface area is 239 Å². The molecule has 2 nitrogen and oxygen atoms in total. The molecule has 41 heavy (non-hydrogen) atoms. The third kappa shape index (κ3) is 4.00. The van der Waals surface area contributed by atoms with Gasteiger partial charge in [0.15, 0.2) is 0 Å². The molecule has 0 bridgehead atoms. The smallest absolute Gasteiger partial charge is 0.0830 e. The minimum Gasteiger partial charge on any atom is -0.309 e. The summed E-state index contributed by atoms with van der Waals surface area (Å²) in [6.45, 7) is 0. The van der Waals surface area contributed by atoms with Crippen molar-refractivity contribution < 1.29 is 0 Å². The summed E-state index contributed by atoms with van der Waals surface area (Å²) in [5.74, 6) is 0. The van der Waals surface area contributed by atoms with Crippen LogP contribution in [-0.2, 0) is 0 Å². The maximum atomic E-state index is 5.25. The largest absolute Gasteiger partial charge is 0.309 e. The molecule has 2 heteroatoms. The van der Waals surface area contributed by atoms with Gasteiger partial charge in [0.2, 0.25) is 0 Å². The summed E-state index contributed by atoms with van der Waals surface area (Å²) in [5, 5.41) is 2.37. The predicted molar refractivity (Wildman–Crippen MR) is 172 cm³/mol. The maximum absolute atomic E-state index is 5.25. The van der Waals surface area contributed by atoms with Gasteiger partial charge in [0.25, 0.3) is 0 Å². The summed E-state index contributed by atoms with van der Waals surface area (Å²) in [7, 11) is 0. The summed E-state index contributed by atoms with van der Waals surface area (Å²) in [5.41, 5.74) is 12.6. The Hall–Kier alpha value is -5.47. The average Bonchev–Trinajstić information content (AvgIpc) is 3.06. The third-order valence-corrected chi connectivity index (χ3v) is 7.95. The number of benzene rings is 6. The van der Waals surface area contributed by atoms with Crippen molar-refractivity contribution in [3.8, 4) is 44.8 Å². The summed E-state index contributed by atoms with van der Waals surface area (Å²) in [4.78, 5) is 7.64. The number of fused-ring (bicyclic) bond motifs is 2. The van der Waals surface area contributed by atoms with Crippen LogP contribution in [0.15, 0.2) is 158 Å².